The number of hydrogen-bond acceptors (Lipinski definition) is 12. The number of cyclic esters (lactones) is 2. The first kappa shape index (κ1) is 45.3. The van der Waals surface area contributed by atoms with Crippen LogP contribution in [0.25, 0.3) is 0 Å². The molecule has 2 heterocycles. The number of carbonyl (C=O) groups is 5. The van der Waals surface area contributed by atoms with Gasteiger partial charge in [-0.05, 0) is 86.6 Å². The van der Waals surface area contributed by atoms with Crippen molar-refractivity contribution in [2.24, 2.45) is 17.3 Å². The molecule has 3 rings (SSSR count). The summed E-state index contributed by atoms with van der Waals surface area (Å²) >= 11 is 0. The highest BCUT2D eigenvalue weighted by molar-refractivity contribution is 8.77. The molecule has 302 valence electrons. The van der Waals surface area contributed by atoms with E-state index in [-0.39, 0.29) is 49.6 Å². The summed E-state index contributed by atoms with van der Waals surface area (Å²) in [5.41, 5.74) is 0.408. The minimum Gasteiger partial charge on any atom is -0.459 e. The molecule has 0 saturated heterocycles. The van der Waals surface area contributed by atoms with Crippen LogP contribution in [0, 0.1) is 17.3 Å². The minimum absolute atomic E-state index is 0.0187. The van der Waals surface area contributed by atoms with Crippen LogP contribution in [-0.2, 0) is 46.4 Å². The number of ether oxygens (including phenoxy) is 3. The Balaban J connectivity index is 1.63. The van der Waals surface area contributed by atoms with Gasteiger partial charge in [0.05, 0.1) is 18.1 Å². The predicted molar refractivity (Wildman–Crippen MR) is 213 cm³/mol. The van der Waals surface area contributed by atoms with Crippen molar-refractivity contribution < 1.29 is 43.3 Å². The van der Waals surface area contributed by atoms with E-state index in [1.54, 1.807) is 60.5 Å². The van der Waals surface area contributed by atoms with Gasteiger partial charge in [-0.15, -0.1) is 0 Å². The second kappa shape index (κ2) is 21.3. The van der Waals surface area contributed by atoms with Gasteiger partial charge in [-0.2, -0.15) is 0 Å². The fourth-order valence-corrected chi connectivity index (χ4v) is 7.59. The lowest BCUT2D eigenvalue weighted by Crippen LogP contribution is -2.46. The third-order valence-electron chi connectivity index (χ3n) is 8.75. The van der Waals surface area contributed by atoms with Crippen molar-refractivity contribution in [3.05, 3.63) is 71.9 Å². The summed E-state index contributed by atoms with van der Waals surface area (Å²) in [6.07, 6.45) is 1.52. The van der Waals surface area contributed by atoms with Crippen molar-refractivity contribution in [2.75, 3.05) is 26.7 Å². The summed E-state index contributed by atoms with van der Waals surface area (Å²) < 4.78 is 16.9. The van der Waals surface area contributed by atoms with Gasteiger partial charge < -0.3 is 34.9 Å². The third-order valence-corrected chi connectivity index (χ3v) is 11.9. The van der Waals surface area contributed by atoms with Gasteiger partial charge in [0.15, 0.2) is 6.10 Å². The van der Waals surface area contributed by atoms with Crippen LogP contribution in [0.15, 0.2) is 65.8 Å². The molecular formula is C40H56N4O9S2. The molecule has 13 nitrogen and oxygen atoms in total. The first-order chi connectivity index (χ1) is 25.8. The van der Waals surface area contributed by atoms with Gasteiger partial charge in [-0.1, -0.05) is 68.0 Å². The third kappa shape index (κ3) is 15.9. The van der Waals surface area contributed by atoms with Gasteiger partial charge >= 0.3 is 18.0 Å². The van der Waals surface area contributed by atoms with Crippen molar-refractivity contribution in [3.63, 3.8) is 0 Å². The van der Waals surface area contributed by atoms with E-state index in [0.29, 0.717) is 6.54 Å². The van der Waals surface area contributed by atoms with Crippen molar-refractivity contribution in [2.45, 2.75) is 102 Å². The van der Waals surface area contributed by atoms with Crippen molar-refractivity contribution in [3.8, 4) is 0 Å². The predicted octanol–water partition coefficient (Wildman–Crippen LogP) is 5.50. The highest BCUT2D eigenvalue weighted by Gasteiger charge is 2.37. The van der Waals surface area contributed by atoms with Crippen LogP contribution in [0.2, 0.25) is 0 Å². The van der Waals surface area contributed by atoms with Crippen LogP contribution in [0.1, 0.15) is 72.4 Å². The minimum atomic E-state index is -1.21. The van der Waals surface area contributed by atoms with Gasteiger partial charge in [-0.3, -0.25) is 14.4 Å². The molecule has 0 aliphatic carbocycles. The Bertz CT molecular complexity index is 1620. The zero-order valence-corrected chi connectivity index (χ0v) is 34.7. The van der Waals surface area contributed by atoms with E-state index < -0.39 is 59.5 Å². The Morgan fingerprint density at radius 3 is 2.40 bits per heavy atom. The topological polar surface area (TPSA) is 173 Å². The number of benzene rings is 1. The van der Waals surface area contributed by atoms with E-state index in [1.165, 1.54) is 12.2 Å². The molecule has 1 aliphatic heterocycles. The van der Waals surface area contributed by atoms with Gasteiger partial charge in [0.25, 0.3) is 0 Å². The SMILES string of the molecule is CC(C)C[C@@H]1OC(=O)C(C)(C)CNC(=O)CNC(=O)/C=C/C[C@@H]([C@H](C)[C@H](O)Cc2ccc(COC(=O)N(C)CC(C)(C)SSc3ccccn3)cc2)OC1=O. The van der Waals surface area contributed by atoms with Crippen LogP contribution in [0.3, 0.4) is 0 Å². The smallest absolute Gasteiger partial charge is 0.409 e. The Labute approximate surface area is 332 Å². The second-order valence-electron chi connectivity index (χ2n) is 15.5. The first-order valence-corrected chi connectivity index (χ1v) is 20.5. The van der Waals surface area contributed by atoms with Crippen LogP contribution >= 0.6 is 21.6 Å². The summed E-state index contributed by atoms with van der Waals surface area (Å²) in [4.78, 5) is 70.1. The van der Waals surface area contributed by atoms with Crippen LogP contribution < -0.4 is 10.6 Å². The van der Waals surface area contributed by atoms with Gasteiger partial charge in [-0.25, -0.2) is 14.6 Å². The zero-order valence-electron chi connectivity index (χ0n) is 33.0. The van der Waals surface area contributed by atoms with Crippen molar-refractivity contribution in [1.82, 2.24) is 20.5 Å². The lowest BCUT2D eigenvalue weighted by atomic mass is 9.90. The lowest BCUT2D eigenvalue weighted by molar-refractivity contribution is -0.180. The largest absolute Gasteiger partial charge is 0.459 e. The van der Waals surface area contributed by atoms with Gasteiger partial charge in [0.1, 0.15) is 17.7 Å². The van der Waals surface area contributed by atoms with E-state index >= 15 is 0 Å². The van der Waals surface area contributed by atoms with E-state index in [2.05, 4.69) is 29.5 Å². The summed E-state index contributed by atoms with van der Waals surface area (Å²) in [6, 6.07) is 13.1. The van der Waals surface area contributed by atoms with Crippen molar-refractivity contribution in [1.29, 1.82) is 0 Å². The molecule has 0 spiro atoms. The Morgan fingerprint density at radius 2 is 1.75 bits per heavy atom. The summed E-state index contributed by atoms with van der Waals surface area (Å²) in [6.45, 7) is 13.0. The summed E-state index contributed by atoms with van der Waals surface area (Å²) in [5, 5.41) is 17.3. The maximum atomic E-state index is 13.6. The van der Waals surface area contributed by atoms with E-state index in [9.17, 15) is 29.1 Å². The first-order valence-electron chi connectivity index (χ1n) is 18.4. The van der Waals surface area contributed by atoms with E-state index in [4.69, 9.17) is 14.2 Å². The number of esters is 2. The molecule has 3 N–H and O–H groups in total. The fraction of sp³-hybridized carbons (Fsp3) is 0.550. The van der Waals surface area contributed by atoms with Crippen LogP contribution in [0.5, 0.6) is 0 Å². The molecule has 3 amide bonds. The Kier molecular flexibility index (Phi) is 17.5. The fourth-order valence-electron chi connectivity index (χ4n) is 5.41. The Hall–Kier alpha value is -4.08. The number of aromatic nitrogens is 1. The molecular weight excluding hydrogens is 745 g/mol. The number of amides is 3. The average molecular weight is 801 g/mol. The van der Waals surface area contributed by atoms with E-state index in [0.717, 1.165) is 16.2 Å². The molecule has 0 saturated carbocycles. The molecule has 0 fully saturated rings. The Morgan fingerprint density at radius 1 is 1.05 bits per heavy atom. The van der Waals surface area contributed by atoms with Gasteiger partial charge in [0, 0.05) is 43.4 Å². The molecule has 0 radical (unpaired) electrons. The molecule has 1 aliphatic rings. The molecule has 1 aromatic carbocycles. The van der Waals surface area contributed by atoms with E-state index in [1.807, 2.05) is 56.3 Å². The number of aliphatic hydroxyl groups is 1. The molecule has 55 heavy (non-hydrogen) atoms. The average Bonchev–Trinajstić information content (AvgIpc) is 3.13. The number of carbonyl (C=O) groups excluding carboxylic acids is 5. The van der Waals surface area contributed by atoms with Crippen molar-refractivity contribution >= 4 is 51.4 Å². The summed E-state index contributed by atoms with van der Waals surface area (Å²) in [5.74, 6) is -3.07. The molecule has 2 aromatic rings. The standard InChI is InChI=1S/C40H56N4O9S2/c1-26(2)20-32-36(48)52-31(12-11-13-33(46)42-22-34(47)43-24-39(4,5)37(49)53-32)27(3)30(45)21-28-15-17-29(18-16-28)23-51-38(50)44(8)25-40(6,7)55-54-35-14-9-10-19-41-35/h9-11,13-19,26-27,30-32,45H,12,20-25H2,1-8H3,(H,42,46)(H,43,47)/b13-11+/t27-,30-,31+,32+/m1/s1. The molecule has 0 bridgehead atoms. The highest BCUT2D eigenvalue weighted by atomic mass is 33.1. The number of hydrogen-bond donors (Lipinski definition) is 3. The molecule has 0 unspecified atom stereocenters. The number of nitrogens with zero attached hydrogens (tertiary/aromatic N) is 2. The number of aliphatic hydroxyl groups excluding tert-OH is 1. The molecule has 1 aromatic heterocycles. The maximum absolute atomic E-state index is 13.6. The quantitative estimate of drug-likeness (QED) is 0.132. The second-order valence-corrected chi connectivity index (χ2v) is 18.3. The van der Waals surface area contributed by atoms with Crippen LogP contribution in [0.4, 0.5) is 4.79 Å². The monoisotopic (exact) mass is 800 g/mol. The lowest BCUT2D eigenvalue weighted by Gasteiger charge is -2.30. The normalized spacial score (nSPS) is 20.3. The molecule has 15 heteroatoms. The maximum Gasteiger partial charge on any atom is 0.409 e. The number of rotatable bonds is 13. The van der Waals surface area contributed by atoms with Crippen LogP contribution in [-0.4, -0.2) is 94.6 Å². The zero-order chi connectivity index (χ0) is 40.8. The number of pyridine rings is 1. The van der Waals surface area contributed by atoms with Gasteiger partial charge in [0.2, 0.25) is 11.8 Å². The summed E-state index contributed by atoms with van der Waals surface area (Å²) in [7, 11) is 4.89. The molecule has 4 atom stereocenters. The number of nitrogens with one attached hydrogen (secondary N) is 2. The highest BCUT2D eigenvalue weighted by Crippen LogP contribution is 2.40.